The molecule has 17 heavy (non-hydrogen) atoms. The molecule has 2 amide bonds. The number of carbonyl (C=O) groups is 1. The molecule has 4 heteroatoms. The van der Waals surface area contributed by atoms with Gasteiger partial charge < -0.3 is 15.7 Å². The largest absolute Gasteiger partial charge is 0.396 e. The van der Waals surface area contributed by atoms with Gasteiger partial charge in [0.15, 0.2) is 0 Å². The third-order valence-electron chi connectivity index (χ3n) is 3.41. The van der Waals surface area contributed by atoms with Crippen LogP contribution in [0.5, 0.6) is 0 Å². The normalized spacial score (nSPS) is 23.3. The summed E-state index contributed by atoms with van der Waals surface area (Å²) >= 11 is 0. The van der Waals surface area contributed by atoms with E-state index in [0.717, 1.165) is 6.42 Å². The number of aliphatic hydroxyl groups excluding tert-OH is 1. The number of rotatable bonds is 7. The summed E-state index contributed by atoms with van der Waals surface area (Å²) in [5.74, 6) is 0.691. The first-order chi connectivity index (χ1) is 7.98. The third kappa shape index (κ3) is 5.39. The Kier molecular flexibility index (Phi) is 5.25. The second kappa shape index (κ2) is 6.24. The lowest BCUT2D eigenvalue weighted by Crippen LogP contribution is -2.42. The van der Waals surface area contributed by atoms with Gasteiger partial charge in [-0.1, -0.05) is 27.2 Å². The molecule has 1 saturated carbocycles. The molecule has 0 heterocycles. The van der Waals surface area contributed by atoms with Crippen molar-refractivity contribution in [3.8, 4) is 0 Å². The van der Waals surface area contributed by atoms with Crippen LogP contribution in [0.4, 0.5) is 4.79 Å². The molecule has 1 aliphatic rings. The first-order valence-electron chi connectivity index (χ1n) is 6.63. The molecule has 2 unspecified atom stereocenters. The highest BCUT2D eigenvalue weighted by atomic mass is 16.3. The van der Waals surface area contributed by atoms with Crippen molar-refractivity contribution in [2.24, 2.45) is 11.3 Å². The van der Waals surface area contributed by atoms with Crippen LogP contribution < -0.4 is 10.6 Å². The van der Waals surface area contributed by atoms with E-state index in [1.807, 2.05) is 13.8 Å². The van der Waals surface area contributed by atoms with Crippen molar-refractivity contribution in [3.63, 3.8) is 0 Å². The second-order valence-corrected chi connectivity index (χ2v) is 5.86. The molecule has 0 bridgehead atoms. The van der Waals surface area contributed by atoms with Crippen molar-refractivity contribution in [1.82, 2.24) is 10.6 Å². The lowest BCUT2D eigenvalue weighted by Gasteiger charge is -2.23. The fourth-order valence-corrected chi connectivity index (χ4v) is 2.04. The molecule has 0 aromatic heterocycles. The van der Waals surface area contributed by atoms with Crippen molar-refractivity contribution in [2.45, 2.75) is 52.5 Å². The van der Waals surface area contributed by atoms with Gasteiger partial charge in [0.25, 0.3) is 0 Å². The van der Waals surface area contributed by atoms with E-state index in [2.05, 4.69) is 17.6 Å². The molecule has 4 nitrogen and oxygen atoms in total. The summed E-state index contributed by atoms with van der Waals surface area (Å²) in [4.78, 5) is 11.6. The van der Waals surface area contributed by atoms with Gasteiger partial charge in [-0.3, -0.25) is 0 Å². The molecule has 0 aromatic rings. The fourth-order valence-electron chi connectivity index (χ4n) is 2.04. The molecule has 0 aliphatic heterocycles. The van der Waals surface area contributed by atoms with Gasteiger partial charge in [-0.2, -0.15) is 0 Å². The molecule has 2 atom stereocenters. The molecule has 0 radical (unpaired) electrons. The maximum Gasteiger partial charge on any atom is 0.315 e. The van der Waals surface area contributed by atoms with Crippen LogP contribution in [-0.4, -0.2) is 30.3 Å². The zero-order valence-electron chi connectivity index (χ0n) is 11.3. The Morgan fingerprint density at radius 2 is 2.18 bits per heavy atom. The van der Waals surface area contributed by atoms with Crippen LogP contribution in [0.1, 0.15) is 46.5 Å². The minimum absolute atomic E-state index is 0.0432. The Hall–Kier alpha value is -0.770. The zero-order valence-corrected chi connectivity index (χ0v) is 11.3. The second-order valence-electron chi connectivity index (χ2n) is 5.86. The number of hydrogen-bond acceptors (Lipinski definition) is 2. The van der Waals surface area contributed by atoms with E-state index >= 15 is 0 Å². The van der Waals surface area contributed by atoms with Crippen LogP contribution in [-0.2, 0) is 0 Å². The van der Waals surface area contributed by atoms with E-state index in [1.54, 1.807) is 0 Å². The highest BCUT2D eigenvalue weighted by Crippen LogP contribution is 2.34. The Balaban J connectivity index is 2.14. The maximum atomic E-state index is 11.6. The molecular formula is C13H26N2O2. The van der Waals surface area contributed by atoms with Crippen molar-refractivity contribution in [2.75, 3.05) is 13.2 Å². The number of nitrogens with one attached hydrogen (secondary N) is 2. The first kappa shape index (κ1) is 14.3. The predicted octanol–water partition coefficient (Wildman–Crippen LogP) is 1.88. The minimum atomic E-state index is -0.0698. The SMILES string of the molecule is CCCC1CC1NC(=O)NCC(C)(C)CCO. The Bertz CT molecular complexity index is 254. The van der Waals surface area contributed by atoms with Crippen molar-refractivity contribution in [1.29, 1.82) is 0 Å². The van der Waals surface area contributed by atoms with Crippen molar-refractivity contribution < 1.29 is 9.90 Å². The maximum absolute atomic E-state index is 11.6. The lowest BCUT2D eigenvalue weighted by molar-refractivity contribution is 0.201. The van der Waals surface area contributed by atoms with E-state index < -0.39 is 0 Å². The summed E-state index contributed by atoms with van der Waals surface area (Å²) in [6, 6.07) is 0.315. The number of aliphatic hydroxyl groups is 1. The Morgan fingerprint density at radius 3 is 2.76 bits per heavy atom. The zero-order chi connectivity index (χ0) is 12.9. The Labute approximate surface area is 104 Å². The number of carbonyl (C=O) groups excluding carboxylic acids is 1. The van der Waals surface area contributed by atoms with Crippen LogP contribution in [0.15, 0.2) is 0 Å². The van der Waals surface area contributed by atoms with E-state index in [1.165, 1.54) is 12.8 Å². The monoisotopic (exact) mass is 242 g/mol. The first-order valence-corrected chi connectivity index (χ1v) is 6.63. The summed E-state index contributed by atoms with van der Waals surface area (Å²) in [5, 5.41) is 14.8. The predicted molar refractivity (Wildman–Crippen MR) is 68.8 cm³/mol. The van der Waals surface area contributed by atoms with Crippen molar-refractivity contribution in [3.05, 3.63) is 0 Å². The average molecular weight is 242 g/mol. The van der Waals surface area contributed by atoms with Crippen LogP contribution >= 0.6 is 0 Å². The quantitative estimate of drug-likeness (QED) is 0.638. The molecule has 1 aliphatic carbocycles. The van der Waals surface area contributed by atoms with Crippen LogP contribution in [0.3, 0.4) is 0 Å². The van der Waals surface area contributed by atoms with E-state index in [0.29, 0.717) is 24.9 Å². The number of urea groups is 1. The van der Waals surface area contributed by atoms with Crippen LogP contribution in [0, 0.1) is 11.3 Å². The van der Waals surface area contributed by atoms with Gasteiger partial charge in [0.1, 0.15) is 0 Å². The van der Waals surface area contributed by atoms with Gasteiger partial charge in [0, 0.05) is 19.2 Å². The highest BCUT2D eigenvalue weighted by molar-refractivity contribution is 5.74. The number of amides is 2. The van der Waals surface area contributed by atoms with Gasteiger partial charge in [0.05, 0.1) is 0 Å². The molecule has 1 fully saturated rings. The summed E-state index contributed by atoms with van der Waals surface area (Å²) in [5.41, 5.74) is -0.0432. The summed E-state index contributed by atoms with van der Waals surface area (Å²) in [6.07, 6.45) is 4.23. The molecule has 1 rings (SSSR count). The topological polar surface area (TPSA) is 61.4 Å². The molecular weight excluding hydrogens is 216 g/mol. The van der Waals surface area contributed by atoms with Crippen molar-refractivity contribution >= 4 is 6.03 Å². The summed E-state index contributed by atoms with van der Waals surface area (Å²) < 4.78 is 0. The van der Waals surface area contributed by atoms with Gasteiger partial charge in [-0.15, -0.1) is 0 Å². The standard InChI is InChI=1S/C13H26N2O2/c1-4-5-10-8-11(10)15-12(17)14-9-13(2,3)6-7-16/h10-11,16H,4-9H2,1-3H3,(H2,14,15,17). The highest BCUT2D eigenvalue weighted by Gasteiger charge is 2.37. The third-order valence-corrected chi connectivity index (χ3v) is 3.41. The lowest BCUT2D eigenvalue weighted by atomic mass is 9.90. The molecule has 0 saturated heterocycles. The van der Waals surface area contributed by atoms with E-state index in [4.69, 9.17) is 5.11 Å². The smallest absolute Gasteiger partial charge is 0.315 e. The van der Waals surface area contributed by atoms with Gasteiger partial charge in [-0.05, 0) is 30.6 Å². The molecule has 3 N–H and O–H groups in total. The summed E-state index contributed by atoms with van der Waals surface area (Å²) in [7, 11) is 0. The fraction of sp³-hybridized carbons (Fsp3) is 0.923. The molecule has 100 valence electrons. The molecule has 0 aromatic carbocycles. The van der Waals surface area contributed by atoms with Crippen LogP contribution in [0.2, 0.25) is 0 Å². The molecule has 0 spiro atoms. The van der Waals surface area contributed by atoms with E-state index in [9.17, 15) is 4.79 Å². The minimum Gasteiger partial charge on any atom is -0.396 e. The summed E-state index contributed by atoms with van der Waals surface area (Å²) in [6.45, 7) is 7.02. The number of hydrogen-bond donors (Lipinski definition) is 3. The van der Waals surface area contributed by atoms with Crippen LogP contribution in [0.25, 0.3) is 0 Å². The van der Waals surface area contributed by atoms with Gasteiger partial charge in [-0.25, -0.2) is 4.79 Å². The van der Waals surface area contributed by atoms with Gasteiger partial charge >= 0.3 is 6.03 Å². The van der Waals surface area contributed by atoms with E-state index in [-0.39, 0.29) is 18.1 Å². The van der Waals surface area contributed by atoms with Gasteiger partial charge in [0.2, 0.25) is 0 Å². The average Bonchev–Trinajstić information content (AvgIpc) is 2.94. The Morgan fingerprint density at radius 1 is 1.47 bits per heavy atom.